The number of anilines is 1. The lowest BCUT2D eigenvalue weighted by Gasteiger charge is -2.42. The van der Waals surface area contributed by atoms with Crippen molar-refractivity contribution in [1.29, 1.82) is 0 Å². The second kappa shape index (κ2) is 12.3. The minimum absolute atomic E-state index is 0.00699. The van der Waals surface area contributed by atoms with Gasteiger partial charge in [-0.25, -0.2) is 14.4 Å². The molecule has 0 aliphatic rings. The number of ether oxygens (including phenoxy) is 1. The number of aromatic nitrogens is 2. The predicted molar refractivity (Wildman–Crippen MR) is 165 cm³/mol. The largest absolute Gasteiger partial charge is 0.496 e. The Morgan fingerprint density at radius 2 is 1.83 bits per heavy atom. The molecular formula is C30H38ClFN4O4Si. The second-order valence-corrected chi connectivity index (χ2v) is 17.0. The zero-order valence-corrected chi connectivity index (χ0v) is 26.6. The summed E-state index contributed by atoms with van der Waals surface area (Å²) in [6.45, 7) is 18.4. The minimum Gasteiger partial charge on any atom is -0.496 e. The number of hydrogen-bond donors (Lipinski definition) is 1. The van der Waals surface area contributed by atoms with E-state index in [4.69, 9.17) is 20.8 Å². The van der Waals surface area contributed by atoms with Gasteiger partial charge in [0.25, 0.3) is 5.69 Å². The third kappa shape index (κ3) is 7.12. The topological polar surface area (TPSA) is 99.4 Å². The van der Waals surface area contributed by atoms with Gasteiger partial charge < -0.3 is 14.5 Å². The summed E-state index contributed by atoms with van der Waals surface area (Å²) in [5.74, 6) is 0.197. The van der Waals surface area contributed by atoms with E-state index in [0.717, 1.165) is 6.07 Å². The number of nitro groups is 1. The molecule has 0 saturated carbocycles. The minimum atomic E-state index is -2.13. The maximum Gasteiger partial charge on any atom is 0.295 e. The number of halogens is 2. The summed E-state index contributed by atoms with van der Waals surface area (Å²) < 4.78 is 27.4. The van der Waals surface area contributed by atoms with Crippen molar-refractivity contribution in [3.63, 3.8) is 0 Å². The van der Waals surface area contributed by atoms with Gasteiger partial charge in [0.05, 0.1) is 24.1 Å². The van der Waals surface area contributed by atoms with Gasteiger partial charge in [-0.3, -0.25) is 10.1 Å². The van der Waals surface area contributed by atoms with E-state index >= 15 is 4.39 Å². The Morgan fingerprint density at radius 3 is 2.37 bits per heavy atom. The van der Waals surface area contributed by atoms with E-state index in [9.17, 15) is 10.1 Å². The molecule has 3 rings (SSSR count). The molecular weight excluding hydrogens is 563 g/mol. The van der Waals surface area contributed by atoms with Crippen LogP contribution >= 0.6 is 11.6 Å². The number of methoxy groups -OCH3 is 1. The van der Waals surface area contributed by atoms with Crippen molar-refractivity contribution in [3.8, 4) is 16.9 Å². The highest BCUT2D eigenvalue weighted by Gasteiger charge is 2.43. The molecule has 1 unspecified atom stereocenters. The fourth-order valence-electron chi connectivity index (χ4n) is 4.30. The first-order valence-electron chi connectivity index (χ1n) is 13.2. The molecule has 1 heterocycles. The van der Waals surface area contributed by atoms with Crippen molar-refractivity contribution in [2.24, 2.45) is 0 Å². The molecule has 0 aliphatic carbocycles. The molecule has 0 fully saturated rings. The highest BCUT2D eigenvalue weighted by molar-refractivity contribution is 6.74. The lowest BCUT2D eigenvalue weighted by Crippen LogP contribution is -2.46. The van der Waals surface area contributed by atoms with E-state index in [1.165, 1.54) is 25.6 Å². The van der Waals surface area contributed by atoms with E-state index in [-0.39, 0.29) is 16.3 Å². The van der Waals surface area contributed by atoms with Crippen LogP contribution in [0, 0.1) is 15.9 Å². The molecule has 220 valence electrons. The molecule has 0 radical (unpaired) electrons. The monoisotopic (exact) mass is 600 g/mol. The number of benzene rings is 2. The van der Waals surface area contributed by atoms with Crippen LogP contribution in [-0.4, -0.2) is 30.3 Å². The molecule has 1 N–H and O–H groups in total. The van der Waals surface area contributed by atoms with E-state index in [1.54, 1.807) is 24.3 Å². The van der Waals surface area contributed by atoms with E-state index in [0.29, 0.717) is 34.1 Å². The van der Waals surface area contributed by atoms with E-state index in [2.05, 4.69) is 55.7 Å². The van der Waals surface area contributed by atoms with Gasteiger partial charge in [-0.05, 0) is 56.6 Å². The number of nitrogens with zero attached hydrogens (tertiary/aromatic N) is 3. The Hall–Kier alpha value is -3.34. The third-order valence-corrected chi connectivity index (χ3v) is 12.4. The fraction of sp³-hybridized carbons (Fsp3) is 0.400. The summed E-state index contributed by atoms with van der Waals surface area (Å²) in [6.07, 6.45) is 5.04. The van der Waals surface area contributed by atoms with Gasteiger partial charge in [0.15, 0.2) is 14.1 Å². The smallest absolute Gasteiger partial charge is 0.295 e. The number of nitro benzene ring substituents is 1. The highest BCUT2D eigenvalue weighted by Crippen LogP contribution is 2.42. The van der Waals surface area contributed by atoms with Crippen molar-refractivity contribution < 1.29 is 18.5 Å². The van der Waals surface area contributed by atoms with Crippen LogP contribution in [0.15, 0.2) is 55.4 Å². The molecule has 1 aromatic heterocycles. The lowest BCUT2D eigenvalue weighted by atomic mass is 10.0. The van der Waals surface area contributed by atoms with Crippen molar-refractivity contribution in [2.45, 2.75) is 70.8 Å². The molecule has 0 aliphatic heterocycles. The van der Waals surface area contributed by atoms with Crippen LogP contribution < -0.4 is 10.1 Å². The summed E-state index contributed by atoms with van der Waals surface area (Å²) >= 11 is 6.50. The van der Waals surface area contributed by atoms with Gasteiger partial charge in [-0.15, -0.1) is 6.58 Å². The average molecular weight is 601 g/mol. The van der Waals surface area contributed by atoms with Crippen LogP contribution in [0.3, 0.4) is 0 Å². The Labute approximate surface area is 247 Å². The zero-order valence-electron chi connectivity index (χ0n) is 24.8. The lowest BCUT2D eigenvalue weighted by molar-refractivity contribution is -0.384. The third-order valence-electron chi connectivity index (χ3n) is 7.41. The second-order valence-electron chi connectivity index (χ2n) is 11.9. The normalized spacial score (nSPS) is 13.0. The molecule has 0 bridgehead atoms. The van der Waals surface area contributed by atoms with Crippen molar-refractivity contribution in [3.05, 3.63) is 87.7 Å². The maximum absolute atomic E-state index is 15.3. The Morgan fingerprint density at radius 1 is 1.20 bits per heavy atom. The molecule has 3 aromatic rings. The summed E-state index contributed by atoms with van der Waals surface area (Å²) in [5, 5.41) is 15.5. The van der Waals surface area contributed by atoms with Crippen LogP contribution in [0.2, 0.25) is 23.2 Å². The maximum atomic E-state index is 15.3. The number of rotatable bonds is 11. The van der Waals surface area contributed by atoms with E-state index < -0.39 is 36.4 Å². The van der Waals surface area contributed by atoms with Gasteiger partial charge in [-0.2, -0.15) is 0 Å². The van der Waals surface area contributed by atoms with Crippen LogP contribution in [0.4, 0.5) is 15.8 Å². The van der Waals surface area contributed by atoms with Crippen LogP contribution in [-0.2, 0) is 10.0 Å². The summed E-state index contributed by atoms with van der Waals surface area (Å²) in [4.78, 5) is 20.3. The van der Waals surface area contributed by atoms with Gasteiger partial charge in [-0.1, -0.05) is 44.5 Å². The van der Waals surface area contributed by atoms with Crippen molar-refractivity contribution in [1.82, 2.24) is 9.97 Å². The molecule has 2 aromatic carbocycles. The standard InChI is InChI=1S/C30H38ClFN4O4Si/c1-10-12-23(27-21(31)13-11-14-26(27)39-7)35-24-15-20(22(32)16-25(24)36(37)38)19-17-33-28(34-18-19)30(5,6)40-41(8,9)29(2,3)4/h10-11,13-18,23,35H,1,12H2,2-9H3. The highest BCUT2D eigenvalue weighted by atomic mass is 35.5. The number of hydrogen-bond acceptors (Lipinski definition) is 7. The molecule has 11 heteroatoms. The first-order valence-corrected chi connectivity index (χ1v) is 16.5. The molecule has 8 nitrogen and oxygen atoms in total. The van der Waals surface area contributed by atoms with Crippen LogP contribution in [0.1, 0.15) is 58.5 Å². The fourth-order valence-corrected chi connectivity index (χ4v) is 6.27. The van der Waals surface area contributed by atoms with Crippen LogP contribution in [0.25, 0.3) is 11.1 Å². The Balaban J connectivity index is 2.04. The average Bonchev–Trinajstić information content (AvgIpc) is 2.87. The molecule has 41 heavy (non-hydrogen) atoms. The Kier molecular flexibility index (Phi) is 9.62. The number of nitrogens with one attached hydrogen (secondary N) is 1. The molecule has 0 spiro atoms. The summed E-state index contributed by atoms with van der Waals surface area (Å²) in [6, 6.07) is 6.94. The summed E-state index contributed by atoms with van der Waals surface area (Å²) in [5.41, 5.74) is -0.0139. The van der Waals surface area contributed by atoms with Gasteiger partial charge in [0.1, 0.15) is 22.9 Å². The van der Waals surface area contributed by atoms with E-state index in [1.807, 2.05) is 13.8 Å². The van der Waals surface area contributed by atoms with Crippen molar-refractivity contribution in [2.75, 3.05) is 12.4 Å². The molecule has 0 amide bonds. The SMILES string of the molecule is C=CCC(Nc1cc(-c2cnc(C(C)(C)O[Si](C)(C)C(C)(C)C)nc2)c(F)cc1[N+](=O)[O-])c1c(Cl)cccc1OC. The predicted octanol–water partition coefficient (Wildman–Crippen LogP) is 8.84. The molecule has 1 atom stereocenters. The first-order chi connectivity index (χ1) is 19.0. The first kappa shape index (κ1) is 32.2. The van der Waals surface area contributed by atoms with Crippen LogP contribution in [0.5, 0.6) is 5.75 Å². The van der Waals surface area contributed by atoms with Gasteiger partial charge >= 0.3 is 0 Å². The Bertz CT molecular complexity index is 1430. The molecule has 0 saturated heterocycles. The van der Waals surface area contributed by atoms with Crippen molar-refractivity contribution >= 4 is 31.3 Å². The summed E-state index contributed by atoms with van der Waals surface area (Å²) in [7, 11) is -0.619. The zero-order chi connectivity index (χ0) is 30.8. The quantitative estimate of drug-likeness (QED) is 0.101. The van der Waals surface area contributed by atoms with Gasteiger partial charge in [0.2, 0.25) is 0 Å². The van der Waals surface area contributed by atoms with Gasteiger partial charge in [0, 0.05) is 34.1 Å².